The molecule has 1 saturated heterocycles. The number of halogens is 1. The van der Waals surface area contributed by atoms with E-state index in [1.165, 1.54) is 12.1 Å². The summed E-state index contributed by atoms with van der Waals surface area (Å²) in [6.07, 6.45) is 3.59. The molecule has 5 heteroatoms. The van der Waals surface area contributed by atoms with E-state index >= 15 is 0 Å². The number of nitrogens with zero attached hydrogens (tertiary/aromatic N) is 1. The second kappa shape index (κ2) is 8.65. The van der Waals surface area contributed by atoms with Crippen LogP contribution in [0.1, 0.15) is 38.2 Å². The fourth-order valence-corrected chi connectivity index (χ4v) is 2.97. The van der Waals surface area contributed by atoms with Crippen LogP contribution in [0.3, 0.4) is 0 Å². The Bertz CT molecular complexity index is 548. The molecule has 4 nitrogen and oxygen atoms in total. The number of benzene rings is 1. The minimum Gasteiger partial charge on any atom is -0.356 e. The Labute approximate surface area is 137 Å². The fourth-order valence-electron chi connectivity index (χ4n) is 2.97. The zero-order valence-corrected chi connectivity index (χ0v) is 13.7. The molecule has 0 aliphatic carbocycles. The van der Waals surface area contributed by atoms with E-state index in [0.29, 0.717) is 31.0 Å². The molecule has 0 spiro atoms. The second-order valence-electron chi connectivity index (χ2n) is 6.21. The Hall–Kier alpha value is -1.91. The van der Waals surface area contributed by atoms with Gasteiger partial charge < -0.3 is 10.2 Å². The van der Waals surface area contributed by atoms with Crippen molar-refractivity contribution >= 4 is 11.8 Å². The summed E-state index contributed by atoms with van der Waals surface area (Å²) in [5.41, 5.74) is 0.702. The molecule has 2 amide bonds. The van der Waals surface area contributed by atoms with Crippen LogP contribution in [0.15, 0.2) is 24.3 Å². The highest BCUT2D eigenvalue weighted by Gasteiger charge is 2.24. The van der Waals surface area contributed by atoms with E-state index in [0.717, 1.165) is 25.8 Å². The molecule has 1 N–H and O–H groups in total. The highest BCUT2D eigenvalue weighted by Crippen LogP contribution is 2.17. The maximum Gasteiger partial charge on any atom is 0.227 e. The first-order valence-corrected chi connectivity index (χ1v) is 8.37. The van der Waals surface area contributed by atoms with E-state index < -0.39 is 0 Å². The molecule has 2 rings (SSSR count). The summed E-state index contributed by atoms with van der Waals surface area (Å²) in [6.45, 7) is 4.02. The zero-order chi connectivity index (χ0) is 16.7. The van der Waals surface area contributed by atoms with Gasteiger partial charge in [0, 0.05) is 26.1 Å². The van der Waals surface area contributed by atoms with Gasteiger partial charge in [-0.3, -0.25) is 9.59 Å². The van der Waals surface area contributed by atoms with Crippen LogP contribution >= 0.6 is 0 Å². The Balaban J connectivity index is 1.82. The first-order valence-electron chi connectivity index (χ1n) is 8.37. The predicted octanol–water partition coefficient (Wildman–Crippen LogP) is 2.52. The molecule has 1 atom stereocenters. The molecule has 0 radical (unpaired) electrons. The predicted molar refractivity (Wildman–Crippen MR) is 87.3 cm³/mol. The first kappa shape index (κ1) is 17.4. The Morgan fingerprint density at radius 2 is 2.22 bits per heavy atom. The van der Waals surface area contributed by atoms with Gasteiger partial charge in [-0.05, 0) is 42.9 Å². The molecule has 23 heavy (non-hydrogen) atoms. The van der Waals surface area contributed by atoms with Crippen LogP contribution in [0.2, 0.25) is 0 Å². The number of hydrogen-bond acceptors (Lipinski definition) is 2. The minimum absolute atomic E-state index is 0.0279. The number of carbonyl (C=O) groups is 2. The summed E-state index contributed by atoms with van der Waals surface area (Å²) in [5, 5.41) is 2.94. The van der Waals surface area contributed by atoms with E-state index in [9.17, 15) is 14.0 Å². The number of amides is 2. The van der Waals surface area contributed by atoms with Crippen molar-refractivity contribution in [3.63, 3.8) is 0 Å². The molecule has 1 aliphatic heterocycles. The van der Waals surface area contributed by atoms with Gasteiger partial charge in [0.05, 0.1) is 6.42 Å². The molecule has 0 unspecified atom stereocenters. The molecule has 1 aliphatic rings. The van der Waals surface area contributed by atoms with E-state index in [1.54, 1.807) is 12.1 Å². The van der Waals surface area contributed by atoms with E-state index in [4.69, 9.17) is 0 Å². The Kier molecular flexibility index (Phi) is 6.56. The molecule has 0 aromatic heterocycles. The lowest BCUT2D eigenvalue weighted by Gasteiger charge is -2.33. The van der Waals surface area contributed by atoms with Crippen molar-refractivity contribution in [1.29, 1.82) is 0 Å². The van der Waals surface area contributed by atoms with Crippen molar-refractivity contribution in [2.24, 2.45) is 5.92 Å². The fraction of sp³-hybridized carbons (Fsp3) is 0.556. The first-order chi connectivity index (χ1) is 11.1. The van der Waals surface area contributed by atoms with Gasteiger partial charge in [-0.2, -0.15) is 0 Å². The molecule has 1 aromatic carbocycles. The molecule has 1 fully saturated rings. The number of carbonyl (C=O) groups excluding carboxylic acids is 2. The van der Waals surface area contributed by atoms with Crippen molar-refractivity contribution < 1.29 is 14.0 Å². The molecule has 0 bridgehead atoms. The van der Waals surface area contributed by atoms with Crippen molar-refractivity contribution in [2.75, 3.05) is 19.6 Å². The van der Waals surface area contributed by atoms with Gasteiger partial charge in [-0.1, -0.05) is 19.1 Å². The van der Waals surface area contributed by atoms with E-state index in [-0.39, 0.29) is 24.1 Å². The monoisotopic (exact) mass is 320 g/mol. The van der Waals surface area contributed by atoms with Crippen molar-refractivity contribution in [1.82, 2.24) is 10.2 Å². The highest BCUT2D eigenvalue weighted by atomic mass is 19.1. The van der Waals surface area contributed by atoms with Gasteiger partial charge in [-0.25, -0.2) is 4.39 Å². The standard InChI is InChI=1S/C18H25FN2O2/c1-2-5-17(22)20-12-15-7-4-9-21(13-15)18(23)11-14-6-3-8-16(19)10-14/h3,6,8,10,15H,2,4-5,7,9,11-13H2,1H3,(H,20,22)/t15-/m1/s1. The maximum atomic E-state index is 13.2. The third-order valence-electron chi connectivity index (χ3n) is 4.18. The average Bonchev–Trinajstić information content (AvgIpc) is 2.53. The summed E-state index contributed by atoms with van der Waals surface area (Å²) in [5.74, 6) is 0.0994. The normalized spacial score (nSPS) is 17.8. The summed E-state index contributed by atoms with van der Waals surface area (Å²) in [4.78, 5) is 25.8. The highest BCUT2D eigenvalue weighted by molar-refractivity contribution is 5.79. The van der Waals surface area contributed by atoms with Crippen molar-refractivity contribution in [3.05, 3.63) is 35.6 Å². The third kappa shape index (κ3) is 5.66. The van der Waals surface area contributed by atoms with Crippen LogP contribution in [0.5, 0.6) is 0 Å². The van der Waals surface area contributed by atoms with Crippen LogP contribution in [-0.2, 0) is 16.0 Å². The van der Waals surface area contributed by atoms with Gasteiger partial charge in [-0.15, -0.1) is 0 Å². The van der Waals surface area contributed by atoms with Crippen LogP contribution in [0, 0.1) is 11.7 Å². The summed E-state index contributed by atoms with van der Waals surface area (Å²) < 4.78 is 13.2. The molecular weight excluding hydrogens is 295 g/mol. The molecule has 0 saturated carbocycles. The number of likely N-dealkylation sites (tertiary alicyclic amines) is 1. The van der Waals surface area contributed by atoms with Crippen LogP contribution < -0.4 is 5.32 Å². The average molecular weight is 320 g/mol. The number of piperidine rings is 1. The zero-order valence-electron chi connectivity index (χ0n) is 13.7. The number of hydrogen-bond donors (Lipinski definition) is 1. The van der Waals surface area contributed by atoms with Crippen LogP contribution in [0.25, 0.3) is 0 Å². The Morgan fingerprint density at radius 3 is 2.96 bits per heavy atom. The topological polar surface area (TPSA) is 49.4 Å². The van der Waals surface area contributed by atoms with Gasteiger partial charge >= 0.3 is 0 Å². The van der Waals surface area contributed by atoms with E-state index in [2.05, 4.69) is 5.32 Å². The smallest absolute Gasteiger partial charge is 0.227 e. The number of rotatable bonds is 6. The summed E-state index contributed by atoms with van der Waals surface area (Å²) in [6, 6.07) is 6.18. The summed E-state index contributed by atoms with van der Waals surface area (Å²) in [7, 11) is 0. The molecule has 1 aromatic rings. The maximum absolute atomic E-state index is 13.2. The lowest BCUT2D eigenvalue weighted by atomic mass is 9.97. The molecule has 1 heterocycles. The summed E-state index contributed by atoms with van der Waals surface area (Å²) >= 11 is 0. The van der Waals surface area contributed by atoms with Gasteiger partial charge in [0.2, 0.25) is 11.8 Å². The van der Waals surface area contributed by atoms with Crippen molar-refractivity contribution in [3.8, 4) is 0 Å². The molecule has 126 valence electrons. The van der Waals surface area contributed by atoms with Gasteiger partial charge in [0.15, 0.2) is 0 Å². The van der Waals surface area contributed by atoms with Crippen LogP contribution in [0.4, 0.5) is 4.39 Å². The number of nitrogens with one attached hydrogen (secondary N) is 1. The minimum atomic E-state index is -0.314. The van der Waals surface area contributed by atoms with E-state index in [1.807, 2.05) is 11.8 Å². The quantitative estimate of drug-likeness (QED) is 0.875. The third-order valence-corrected chi connectivity index (χ3v) is 4.18. The lowest BCUT2D eigenvalue weighted by Crippen LogP contribution is -2.44. The van der Waals surface area contributed by atoms with Crippen LogP contribution in [-0.4, -0.2) is 36.3 Å². The van der Waals surface area contributed by atoms with Gasteiger partial charge in [0.25, 0.3) is 0 Å². The SMILES string of the molecule is CCCC(=O)NC[C@H]1CCCN(C(=O)Cc2cccc(F)c2)C1. The van der Waals surface area contributed by atoms with Crippen molar-refractivity contribution in [2.45, 2.75) is 39.0 Å². The molecular formula is C18H25FN2O2. The second-order valence-corrected chi connectivity index (χ2v) is 6.21. The lowest BCUT2D eigenvalue weighted by molar-refractivity contribution is -0.132. The van der Waals surface area contributed by atoms with Gasteiger partial charge in [0.1, 0.15) is 5.82 Å². The Morgan fingerprint density at radius 1 is 1.39 bits per heavy atom. The largest absolute Gasteiger partial charge is 0.356 e.